The molecule has 0 saturated heterocycles. The van der Waals surface area contributed by atoms with Crippen molar-refractivity contribution < 1.29 is 52.7 Å². The predicted octanol–water partition coefficient (Wildman–Crippen LogP) is -4.83. The van der Waals surface area contributed by atoms with Crippen LogP contribution in [0.4, 0.5) is 0 Å². The first kappa shape index (κ1) is 38.1. The van der Waals surface area contributed by atoms with E-state index in [4.69, 9.17) is 5.73 Å². The first-order valence-corrected chi connectivity index (χ1v) is 14.9. The van der Waals surface area contributed by atoms with E-state index < -0.39 is 86.2 Å². The van der Waals surface area contributed by atoms with E-state index in [9.17, 15) is 48.2 Å². The first-order chi connectivity index (χ1) is 20.3. The molecule has 0 fully saturated rings. The monoisotopic (exact) mass is 646 g/mol. The van der Waals surface area contributed by atoms with Gasteiger partial charge in [-0.15, -0.1) is 0 Å². The first-order valence-electron chi connectivity index (χ1n) is 13.4. The predicted molar refractivity (Wildman–Crippen MR) is 147 cm³/mol. The smallest absolute Gasteiger partial charge is 0.245 e. The third-order valence-electron chi connectivity index (χ3n) is 5.96. The van der Waals surface area contributed by atoms with E-state index in [1.54, 1.807) is 0 Å². The average Bonchev–Trinajstić information content (AvgIpc) is 3.40. The average molecular weight is 647 g/mol. The molecule has 0 aromatic carbocycles. The van der Waals surface area contributed by atoms with E-state index in [1.165, 1.54) is 26.4 Å². The molecule has 0 aliphatic rings. The number of aromatic nitrogens is 2. The highest BCUT2D eigenvalue weighted by atomic mass is 31.2. The summed E-state index contributed by atoms with van der Waals surface area (Å²) >= 11 is 0. The molecule has 1 rings (SSSR count). The number of carbonyl (C=O) groups excluding carboxylic acids is 6. The van der Waals surface area contributed by atoms with Gasteiger partial charge < -0.3 is 61.3 Å². The molecule has 0 unspecified atom stereocenters. The number of H-pyrrole nitrogens is 1. The summed E-state index contributed by atoms with van der Waals surface area (Å²) in [5.41, 5.74) is 5.51. The van der Waals surface area contributed by atoms with E-state index >= 15 is 0 Å². The molecule has 0 saturated carbocycles. The second-order valence-corrected chi connectivity index (χ2v) is 11.5. The number of aliphatic hydroxyl groups is 1. The third kappa shape index (κ3) is 13.6. The number of nitrogens with two attached hydrogens (primary N) is 1. The maximum absolute atomic E-state index is 13.3. The lowest BCUT2D eigenvalue weighted by molar-refractivity contribution is -0.344. The van der Waals surface area contributed by atoms with Gasteiger partial charge in [-0.3, -0.25) is 28.8 Å². The zero-order valence-corrected chi connectivity index (χ0v) is 25.7. The van der Waals surface area contributed by atoms with Crippen molar-refractivity contribution in [1.82, 2.24) is 36.6 Å². The van der Waals surface area contributed by atoms with E-state index in [-0.39, 0.29) is 18.8 Å². The lowest BCUT2D eigenvalue weighted by atomic mass is 10.0. The molecule has 20 heteroatoms. The van der Waals surface area contributed by atoms with Gasteiger partial charge in [0.05, 0.1) is 26.9 Å². The quantitative estimate of drug-likeness (QED) is 0.0697. The van der Waals surface area contributed by atoms with Gasteiger partial charge in [0.15, 0.2) is 0 Å². The minimum atomic E-state index is -5.66. The van der Waals surface area contributed by atoms with Crippen LogP contribution in [0, 0.1) is 5.92 Å². The number of hydrogen-bond donors (Lipinski definition) is 8. The molecule has 0 aliphatic carbocycles. The molecule has 0 radical (unpaired) electrons. The summed E-state index contributed by atoms with van der Waals surface area (Å²) < 4.78 is 15.4. The Morgan fingerprint density at radius 3 is 1.98 bits per heavy atom. The summed E-state index contributed by atoms with van der Waals surface area (Å²) in [6.07, 6.45) is 0.988. The lowest BCUT2D eigenvalue weighted by Crippen LogP contribution is -2.62. The van der Waals surface area contributed by atoms with Crippen LogP contribution >= 0.6 is 7.82 Å². The van der Waals surface area contributed by atoms with Crippen molar-refractivity contribution in [3.63, 3.8) is 0 Å². The summed E-state index contributed by atoms with van der Waals surface area (Å²) in [5.74, 6) is -5.54. The van der Waals surface area contributed by atoms with Crippen LogP contribution in [-0.4, -0.2) is 93.4 Å². The van der Waals surface area contributed by atoms with Crippen LogP contribution in [0.1, 0.15) is 46.7 Å². The van der Waals surface area contributed by atoms with E-state index in [1.807, 2.05) is 13.8 Å². The number of rotatable bonds is 18. The standard InChI is InChI=1S/C24H41N8O11P/c1-11(2)6-16(29-14(5)34)21(36)30-17(7-15-8-26-10-27-15)22(37)31-18(9-33)23(38)32-19(13(4)43-44(40,41)42)24(39)28-12(3)20(25)35/h8,10-13,16-19,33H,6-7,9H2,1-5H3,(H2,25,35)(H,26,27)(H,28,39)(H,29,34)(H,30,36)(H,31,37)(H,32,38)(H2,40,41,42)/p-2/t12-,13+,16-,17-,18-,19-/m0/s1. The number of primary amides is 1. The molecular formula is C24H39N8O11P-2. The molecule has 6 atom stereocenters. The number of aromatic amines is 1. The number of carbonyl (C=O) groups is 6. The number of phosphoric ester groups is 1. The molecule has 6 amide bonds. The van der Waals surface area contributed by atoms with Crippen molar-refractivity contribution in [2.45, 2.75) is 83.8 Å². The van der Waals surface area contributed by atoms with Crippen LogP contribution in [0.15, 0.2) is 12.5 Å². The summed E-state index contributed by atoms with van der Waals surface area (Å²) in [6, 6.07) is -7.33. The Morgan fingerprint density at radius 1 is 0.932 bits per heavy atom. The topological polar surface area (TPSA) is 310 Å². The number of nitrogens with one attached hydrogen (secondary N) is 6. The Morgan fingerprint density at radius 2 is 1.50 bits per heavy atom. The van der Waals surface area contributed by atoms with Gasteiger partial charge >= 0.3 is 0 Å². The molecule has 248 valence electrons. The number of phosphoric acid groups is 1. The summed E-state index contributed by atoms with van der Waals surface area (Å²) in [5, 5.41) is 21.3. The Hall–Kier alpha value is -3.90. The van der Waals surface area contributed by atoms with Gasteiger partial charge in [0.25, 0.3) is 0 Å². The summed E-state index contributed by atoms with van der Waals surface area (Å²) in [7, 11) is -5.66. The van der Waals surface area contributed by atoms with Crippen LogP contribution in [0.25, 0.3) is 0 Å². The number of imidazole rings is 1. The van der Waals surface area contributed by atoms with Crippen molar-refractivity contribution in [1.29, 1.82) is 0 Å². The minimum absolute atomic E-state index is 0.0143. The number of amides is 6. The van der Waals surface area contributed by atoms with Crippen LogP contribution in [0.3, 0.4) is 0 Å². The normalized spacial score (nSPS) is 15.6. The van der Waals surface area contributed by atoms with Gasteiger partial charge in [0.1, 0.15) is 30.2 Å². The molecule has 1 aromatic rings. The fourth-order valence-corrected chi connectivity index (χ4v) is 4.33. The maximum atomic E-state index is 13.3. The van der Waals surface area contributed by atoms with Crippen molar-refractivity contribution in [3.05, 3.63) is 18.2 Å². The van der Waals surface area contributed by atoms with Crippen LogP contribution < -0.4 is 42.1 Å². The second-order valence-electron chi connectivity index (χ2n) is 10.3. The van der Waals surface area contributed by atoms with Crippen LogP contribution in [0.2, 0.25) is 0 Å². The zero-order chi connectivity index (χ0) is 33.8. The van der Waals surface area contributed by atoms with Gasteiger partial charge in [0, 0.05) is 25.2 Å². The van der Waals surface area contributed by atoms with Crippen molar-refractivity contribution in [2.75, 3.05) is 6.61 Å². The van der Waals surface area contributed by atoms with Gasteiger partial charge in [-0.1, -0.05) is 13.8 Å². The number of aliphatic hydroxyl groups excluding tert-OH is 1. The Labute approximate surface area is 253 Å². The minimum Gasteiger partial charge on any atom is -0.790 e. The summed E-state index contributed by atoms with van der Waals surface area (Å²) in [4.78, 5) is 104. The Kier molecular flexibility index (Phi) is 15.1. The van der Waals surface area contributed by atoms with Gasteiger partial charge in [-0.05, 0) is 26.2 Å². The van der Waals surface area contributed by atoms with E-state index in [0.29, 0.717) is 5.69 Å². The van der Waals surface area contributed by atoms with Gasteiger partial charge in [-0.2, -0.15) is 0 Å². The van der Waals surface area contributed by atoms with Crippen molar-refractivity contribution >= 4 is 43.3 Å². The molecule has 0 spiro atoms. The highest BCUT2D eigenvalue weighted by Crippen LogP contribution is 2.28. The molecule has 9 N–H and O–H groups in total. The fourth-order valence-electron chi connectivity index (χ4n) is 3.80. The zero-order valence-electron chi connectivity index (χ0n) is 24.8. The molecule has 0 aliphatic heterocycles. The van der Waals surface area contributed by atoms with Gasteiger partial charge in [0.2, 0.25) is 35.4 Å². The molecular weight excluding hydrogens is 607 g/mol. The molecule has 19 nitrogen and oxygen atoms in total. The SMILES string of the molecule is CC(=O)N[C@@H](CC(C)C)C(=O)N[C@@H](Cc1cnc[nH]1)C(=O)N[C@@H](CO)C(=O)N[C@H](C(=O)N[C@@H](C)C(N)=O)[C@@H](C)OP(=O)([O-])[O-]. The van der Waals surface area contributed by atoms with Crippen LogP contribution in [0.5, 0.6) is 0 Å². The maximum Gasteiger partial charge on any atom is 0.245 e. The van der Waals surface area contributed by atoms with E-state index in [2.05, 4.69) is 41.1 Å². The highest BCUT2D eigenvalue weighted by molar-refractivity contribution is 7.43. The fraction of sp³-hybridized carbons (Fsp3) is 0.625. The third-order valence-corrected chi connectivity index (χ3v) is 6.55. The number of hydrogen-bond acceptors (Lipinski definition) is 12. The lowest BCUT2D eigenvalue weighted by Gasteiger charge is -2.35. The van der Waals surface area contributed by atoms with Crippen molar-refractivity contribution in [3.8, 4) is 0 Å². The largest absolute Gasteiger partial charge is 0.790 e. The molecule has 0 bridgehead atoms. The highest BCUT2D eigenvalue weighted by Gasteiger charge is 2.34. The Balaban J connectivity index is 3.21. The number of nitrogens with zero attached hydrogens (tertiary/aromatic N) is 1. The summed E-state index contributed by atoms with van der Waals surface area (Å²) in [6.45, 7) is 5.99. The van der Waals surface area contributed by atoms with E-state index in [0.717, 1.165) is 6.92 Å². The van der Waals surface area contributed by atoms with Gasteiger partial charge in [-0.25, -0.2) is 4.98 Å². The molecule has 1 aromatic heterocycles. The molecule has 44 heavy (non-hydrogen) atoms. The Bertz CT molecular complexity index is 1210. The second kappa shape index (κ2) is 17.4. The van der Waals surface area contributed by atoms with Crippen molar-refractivity contribution in [2.24, 2.45) is 11.7 Å². The van der Waals surface area contributed by atoms with Crippen LogP contribution in [-0.2, 0) is 44.3 Å². The molecule has 1 heterocycles.